The summed E-state index contributed by atoms with van der Waals surface area (Å²) in [7, 11) is 1.52. The van der Waals surface area contributed by atoms with Gasteiger partial charge in [0.1, 0.15) is 11.4 Å². The van der Waals surface area contributed by atoms with Gasteiger partial charge in [-0.25, -0.2) is 9.18 Å². The molecule has 0 saturated carbocycles. The summed E-state index contributed by atoms with van der Waals surface area (Å²) in [6.07, 6.45) is 2.90. The molecule has 2 heterocycles. The van der Waals surface area contributed by atoms with Crippen molar-refractivity contribution in [3.8, 4) is 0 Å². The Labute approximate surface area is 189 Å². The van der Waals surface area contributed by atoms with Crippen molar-refractivity contribution in [1.29, 1.82) is 0 Å². The van der Waals surface area contributed by atoms with E-state index in [4.69, 9.17) is 4.74 Å². The van der Waals surface area contributed by atoms with Gasteiger partial charge in [-0.3, -0.25) is 14.5 Å². The maximum atomic E-state index is 13.9. The van der Waals surface area contributed by atoms with Gasteiger partial charge in [0.25, 0.3) is 5.91 Å². The van der Waals surface area contributed by atoms with Crippen LogP contribution in [0.25, 0.3) is 0 Å². The molecule has 2 saturated heterocycles. The van der Waals surface area contributed by atoms with Crippen LogP contribution >= 0.6 is 0 Å². The number of carbonyl (C=O) groups excluding carboxylic acids is 3. The monoisotopic (exact) mass is 447 g/mol. The molecule has 2 atom stereocenters. The first kappa shape index (κ1) is 24.2. The number of hydrogen-bond acceptors (Lipinski definition) is 4. The number of halogens is 1. The van der Waals surface area contributed by atoms with Gasteiger partial charge in [0.15, 0.2) is 0 Å². The fourth-order valence-electron chi connectivity index (χ4n) is 4.73. The van der Waals surface area contributed by atoms with E-state index >= 15 is 0 Å². The van der Waals surface area contributed by atoms with Gasteiger partial charge in [-0.2, -0.15) is 0 Å². The predicted molar refractivity (Wildman–Crippen MR) is 118 cm³/mol. The Morgan fingerprint density at radius 2 is 2.03 bits per heavy atom. The van der Waals surface area contributed by atoms with Gasteiger partial charge in [0.2, 0.25) is 5.91 Å². The van der Waals surface area contributed by atoms with Gasteiger partial charge in [-0.15, -0.1) is 0 Å². The molecule has 1 N–H and O–H groups in total. The van der Waals surface area contributed by atoms with Crippen molar-refractivity contribution in [2.24, 2.45) is 11.8 Å². The summed E-state index contributed by atoms with van der Waals surface area (Å²) in [5.74, 6) is -0.350. The number of amides is 4. The molecule has 2 unspecified atom stereocenters. The van der Waals surface area contributed by atoms with Crippen molar-refractivity contribution in [3.05, 3.63) is 35.6 Å². The van der Waals surface area contributed by atoms with Gasteiger partial charge in [-0.05, 0) is 42.4 Å². The zero-order valence-corrected chi connectivity index (χ0v) is 19.2. The number of ether oxygens (including phenoxy) is 1. The van der Waals surface area contributed by atoms with Crippen LogP contribution in [0.5, 0.6) is 0 Å². The summed E-state index contributed by atoms with van der Waals surface area (Å²) in [5, 5.41) is 2.96. The summed E-state index contributed by atoms with van der Waals surface area (Å²) in [6, 6.07) is 5.70. The van der Waals surface area contributed by atoms with E-state index in [-0.39, 0.29) is 43.1 Å². The molecule has 4 amide bonds. The second-order valence-corrected chi connectivity index (χ2v) is 9.03. The number of likely N-dealkylation sites (tertiary alicyclic amines) is 1. The van der Waals surface area contributed by atoms with E-state index < -0.39 is 11.6 Å². The Bertz CT molecular complexity index is 840. The third-order valence-corrected chi connectivity index (χ3v) is 6.86. The van der Waals surface area contributed by atoms with Crippen LogP contribution in [-0.2, 0) is 20.7 Å². The number of piperidine rings is 1. The van der Waals surface area contributed by atoms with E-state index in [0.717, 1.165) is 6.42 Å². The van der Waals surface area contributed by atoms with Gasteiger partial charge in [0.05, 0.1) is 13.2 Å². The van der Waals surface area contributed by atoms with Crippen molar-refractivity contribution in [3.63, 3.8) is 0 Å². The minimum absolute atomic E-state index is 0.139. The van der Waals surface area contributed by atoms with E-state index in [0.29, 0.717) is 43.8 Å². The maximum Gasteiger partial charge on any atom is 0.325 e. The van der Waals surface area contributed by atoms with E-state index in [2.05, 4.69) is 19.2 Å². The third kappa shape index (κ3) is 5.11. The normalized spacial score (nSPS) is 22.9. The molecule has 0 aliphatic carbocycles. The van der Waals surface area contributed by atoms with E-state index in [1.807, 2.05) is 4.90 Å². The lowest BCUT2D eigenvalue weighted by Gasteiger charge is -2.41. The van der Waals surface area contributed by atoms with Crippen LogP contribution in [-0.4, -0.2) is 66.5 Å². The van der Waals surface area contributed by atoms with E-state index in [1.54, 1.807) is 12.1 Å². The van der Waals surface area contributed by atoms with Gasteiger partial charge in [-0.1, -0.05) is 32.4 Å². The Balaban J connectivity index is 1.81. The molecule has 1 aromatic carbocycles. The second kappa shape index (κ2) is 10.4. The van der Waals surface area contributed by atoms with Crippen LogP contribution < -0.4 is 5.32 Å². The number of nitrogens with one attached hydrogen (secondary N) is 1. The molecule has 2 aliphatic heterocycles. The number of rotatable bonds is 9. The van der Waals surface area contributed by atoms with Crippen LogP contribution in [0.15, 0.2) is 24.3 Å². The van der Waals surface area contributed by atoms with Crippen molar-refractivity contribution < 1.29 is 23.5 Å². The maximum absolute atomic E-state index is 13.9. The standard InChI is InChI=1S/C24H34FN3O4/c1-4-17(2)14-21(29)27-10-8-19(9-11-27)24(16-18-6-5-7-20(25)15-18)22(30)28(12-13-32-3)23(31)26-24/h5-7,15,17,19H,4,8-14,16H2,1-3H3,(H,26,31). The predicted octanol–water partition coefficient (Wildman–Crippen LogP) is 2.98. The molecule has 7 nitrogen and oxygen atoms in total. The smallest absolute Gasteiger partial charge is 0.325 e. The first-order chi connectivity index (χ1) is 15.3. The lowest BCUT2D eigenvalue weighted by atomic mass is 9.73. The Kier molecular flexibility index (Phi) is 7.87. The van der Waals surface area contributed by atoms with Crippen molar-refractivity contribution >= 4 is 17.8 Å². The van der Waals surface area contributed by atoms with Crippen molar-refractivity contribution in [2.75, 3.05) is 33.4 Å². The zero-order chi connectivity index (χ0) is 23.3. The molecular formula is C24H34FN3O4. The van der Waals surface area contributed by atoms with Crippen LogP contribution in [0, 0.1) is 17.7 Å². The summed E-state index contributed by atoms with van der Waals surface area (Å²) in [4.78, 5) is 42.0. The molecule has 2 aliphatic rings. The fourth-order valence-corrected chi connectivity index (χ4v) is 4.73. The molecule has 0 spiro atoms. The van der Waals surface area contributed by atoms with Crippen LogP contribution in [0.3, 0.4) is 0 Å². The van der Waals surface area contributed by atoms with Crippen LogP contribution in [0.1, 0.15) is 45.1 Å². The Morgan fingerprint density at radius 1 is 1.31 bits per heavy atom. The average Bonchev–Trinajstić information content (AvgIpc) is 3.02. The van der Waals surface area contributed by atoms with Gasteiger partial charge in [0, 0.05) is 33.0 Å². The zero-order valence-electron chi connectivity index (χ0n) is 19.2. The van der Waals surface area contributed by atoms with E-state index in [1.165, 1.54) is 24.1 Å². The van der Waals surface area contributed by atoms with Gasteiger partial charge < -0.3 is 15.0 Å². The molecule has 176 valence electrons. The highest BCUT2D eigenvalue weighted by Gasteiger charge is 2.55. The van der Waals surface area contributed by atoms with Gasteiger partial charge >= 0.3 is 6.03 Å². The Morgan fingerprint density at radius 3 is 2.66 bits per heavy atom. The molecule has 0 radical (unpaired) electrons. The third-order valence-electron chi connectivity index (χ3n) is 6.86. The first-order valence-electron chi connectivity index (χ1n) is 11.5. The average molecular weight is 448 g/mol. The molecule has 3 rings (SSSR count). The highest BCUT2D eigenvalue weighted by Crippen LogP contribution is 2.37. The summed E-state index contributed by atoms with van der Waals surface area (Å²) in [5.41, 5.74) is -0.493. The topological polar surface area (TPSA) is 79.0 Å². The number of urea groups is 1. The number of benzene rings is 1. The number of hydrogen-bond donors (Lipinski definition) is 1. The highest BCUT2D eigenvalue weighted by atomic mass is 19.1. The quantitative estimate of drug-likeness (QED) is 0.591. The summed E-state index contributed by atoms with van der Waals surface area (Å²) >= 11 is 0. The largest absolute Gasteiger partial charge is 0.383 e. The molecule has 1 aromatic rings. The SMILES string of the molecule is CCC(C)CC(=O)N1CCC(C2(Cc3cccc(F)c3)NC(=O)N(CCOC)C2=O)CC1. The number of imide groups is 1. The minimum Gasteiger partial charge on any atom is -0.383 e. The molecule has 32 heavy (non-hydrogen) atoms. The lowest BCUT2D eigenvalue weighted by molar-refractivity contribution is -0.136. The highest BCUT2D eigenvalue weighted by molar-refractivity contribution is 6.07. The number of nitrogens with zero attached hydrogens (tertiary/aromatic N) is 2. The first-order valence-corrected chi connectivity index (χ1v) is 11.5. The number of carbonyl (C=O) groups is 3. The second-order valence-electron chi connectivity index (χ2n) is 9.03. The van der Waals surface area contributed by atoms with E-state index in [9.17, 15) is 18.8 Å². The molecule has 0 aromatic heterocycles. The molecule has 8 heteroatoms. The summed E-state index contributed by atoms with van der Waals surface area (Å²) < 4.78 is 18.9. The number of methoxy groups -OCH3 is 1. The van der Waals surface area contributed by atoms with Crippen molar-refractivity contribution in [1.82, 2.24) is 15.1 Å². The summed E-state index contributed by atoms with van der Waals surface area (Å²) in [6.45, 7) is 5.65. The lowest BCUT2D eigenvalue weighted by Crippen LogP contribution is -2.58. The molecular weight excluding hydrogens is 413 g/mol. The minimum atomic E-state index is -1.15. The Hall–Kier alpha value is -2.48. The molecule has 2 fully saturated rings. The van der Waals surface area contributed by atoms with Crippen molar-refractivity contribution in [2.45, 2.75) is 51.5 Å². The van der Waals surface area contributed by atoms with Crippen LogP contribution in [0.2, 0.25) is 0 Å². The van der Waals surface area contributed by atoms with Crippen LogP contribution in [0.4, 0.5) is 9.18 Å². The fraction of sp³-hybridized carbons (Fsp3) is 0.625. The molecule has 0 bridgehead atoms.